The number of hydrogen-bond acceptors (Lipinski definition) is 4. The summed E-state index contributed by atoms with van der Waals surface area (Å²) in [5.41, 5.74) is 15.8. The van der Waals surface area contributed by atoms with Gasteiger partial charge in [-0.05, 0) is 107 Å². The molecule has 0 saturated carbocycles. The second kappa shape index (κ2) is 23.2. The molecular weight excluding hydrogens is 1170 g/mol. The third-order valence-corrected chi connectivity index (χ3v) is 17.6. The first kappa shape index (κ1) is 56.4. The lowest BCUT2D eigenvalue weighted by Gasteiger charge is -2.23. The summed E-state index contributed by atoms with van der Waals surface area (Å²) < 4.78 is 51.8. The van der Waals surface area contributed by atoms with Crippen molar-refractivity contribution >= 4 is 55.0 Å². The molecule has 0 unspecified atom stereocenters. The first-order valence-corrected chi connectivity index (χ1v) is 30.6. The van der Waals surface area contributed by atoms with Crippen LogP contribution in [0, 0.1) is 13.1 Å². The quantitative estimate of drug-likeness (QED) is 0.121. The largest absolute Gasteiger partial charge is 0.415 e. The molecule has 0 spiro atoms. The molecule has 442 valence electrons. The summed E-state index contributed by atoms with van der Waals surface area (Å²) in [5.74, 6) is 0. The van der Waals surface area contributed by atoms with Crippen LogP contribution in [-0.2, 0) is 6.18 Å². The lowest BCUT2D eigenvalue weighted by atomic mass is 9.94. The number of rotatable bonds is 11. The molecule has 10 aromatic carbocycles. The monoisotopic (exact) mass is 1210 g/mol. The van der Waals surface area contributed by atoms with Crippen LogP contribution >= 0.6 is 0 Å². The van der Waals surface area contributed by atoms with E-state index >= 15 is 13.2 Å². The SMILES string of the molecule is [C-]#[N+]c1cccc(C(F)(F)F)c1-c1ccc(-n2c3ccc(-c4cccnc4-c4ccccc4)cc3c3cc(-c4cccnc4-c4ccccc4)ccc32)c([N+]#[C-])c1-n1c2ccc(-c3cccnc3-c3ccccc3)cc2c2cc(-c3cccnc3-c3ccccc3)ccc21. The predicted molar refractivity (Wildman–Crippen MR) is 373 cm³/mol. The Kier molecular flexibility index (Phi) is 13.9. The zero-order chi connectivity index (χ0) is 63.4. The van der Waals surface area contributed by atoms with Gasteiger partial charge in [0.15, 0.2) is 5.69 Å². The summed E-state index contributed by atoms with van der Waals surface area (Å²) in [4.78, 5) is 27.9. The molecule has 0 N–H and O–H groups in total. The molecule has 94 heavy (non-hydrogen) atoms. The fraction of sp³-hybridized carbons (Fsp3) is 0.0120. The Labute approximate surface area is 538 Å². The van der Waals surface area contributed by atoms with Crippen molar-refractivity contribution in [2.24, 2.45) is 0 Å². The van der Waals surface area contributed by atoms with Gasteiger partial charge in [0.25, 0.3) is 0 Å². The van der Waals surface area contributed by atoms with Gasteiger partial charge in [-0.15, -0.1) is 0 Å². The van der Waals surface area contributed by atoms with Crippen LogP contribution < -0.4 is 0 Å². The maximum absolute atomic E-state index is 15.9. The van der Waals surface area contributed by atoms with E-state index in [1.54, 1.807) is 36.9 Å². The standard InChI is InChI=1S/C83H49F3N8/c1-87-70-33-15-32-69(83(84,85)86)76(70)64-38-43-75(93-71-39-34-56(60-28-16-44-89-77(60)52-20-7-3-8-21-52)48-65(71)66-49-57(35-40-72(66)93)61-29-17-45-90-78(61)53-22-9-4-10-23-53)81(88-2)82(64)94-73-41-36-58(62-30-18-46-91-79(62)54-24-11-5-12-25-54)50-67(73)68-51-59(37-42-74(68)94)63-31-19-47-92-80(63)55-26-13-6-14-27-55/h3-51H. The molecule has 0 saturated heterocycles. The van der Waals surface area contributed by atoms with Crippen molar-refractivity contribution in [2.45, 2.75) is 6.18 Å². The van der Waals surface area contributed by atoms with Crippen LogP contribution in [0.4, 0.5) is 24.5 Å². The molecule has 6 heterocycles. The maximum atomic E-state index is 15.9. The van der Waals surface area contributed by atoms with Crippen molar-refractivity contribution in [3.8, 4) is 112 Å². The molecule has 0 atom stereocenters. The highest BCUT2D eigenvalue weighted by atomic mass is 19.4. The minimum Gasteiger partial charge on any atom is -0.319 e. The van der Waals surface area contributed by atoms with Gasteiger partial charge in [0.05, 0.1) is 74.9 Å². The van der Waals surface area contributed by atoms with E-state index < -0.39 is 11.7 Å². The Morgan fingerprint density at radius 3 is 0.989 bits per heavy atom. The van der Waals surface area contributed by atoms with Crippen LogP contribution in [0.1, 0.15) is 5.56 Å². The summed E-state index contributed by atoms with van der Waals surface area (Å²) in [6.45, 7) is 18.1. The molecule has 16 rings (SSSR count). The second-order valence-corrected chi connectivity index (χ2v) is 22.9. The fourth-order valence-electron chi connectivity index (χ4n) is 13.5. The van der Waals surface area contributed by atoms with Gasteiger partial charge in [0.1, 0.15) is 0 Å². The molecule has 0 bridgehead atoms. The fourth-order valence-corrected chi connectivity index (χ4v) is 13.5. The molecule has 0 aliphatic rings. The van der Waals surface area contributed by atoms with Gasteiger partial charge >= 0.3 is 6.18 Å². The van der Waals surface area contributed by atoms with Gasteiger partial charge in [-0.1, -0.05) is 194 Å². The van der Waals surface area contributed by atoms with Crippen LogP contribution in [0.3, 0.4) is 0 Å². The third-order valence-electron chi connectivity index (χ3n) is 17.6. The van der Waals surface area contributed by atoms with Gasteiger partial charge in [0.2, 0.25) is 5.69 Å². The number of nitrogens with zero attached hydrogens (tertiary/aromatic N) is 8. The van der Waals surface area contributed by atoms with Gasteiger partial charge in [-0.2, -0.15) is 13.2 Å². The van der Waals surface area contributed by atoms with Crippen molar-refractivity contribution in [2.75, 3.05) is 0 Å². The normalized spacial score (nSPS) is 11.5. The molecule has 0 radical (unpaired) electrons. The van der Waals surface area contributed by atoms with E-state index in [1.807, 2.05) is 187 Å². The molecule has 11 heteroatoms. The van der Waals surface area contributed by atoms with Crippen molar-refractivity contribution in [1.82, 2.24) is 29.1 Å². The van der Waals surface area contributed by atoms with Gasteiger partial charge in [0, 0.05) is 96.4 Å². The lowest BCUT2D eigenvalue weighted by molar-refractivity contribution is -0.137. The smallest absolute Gasteiger partial charge is 0.319 e. The van der Waals surface area contributed by atoms with Crippen LogP contribution in [0.2, 0.25) is 0 Å². The molecular formula is C83H49F3N8. The number of benzene rings is 10. The molecule has 6 aromatic heterocycles. The number of hydrogen-bond donors (Lipinski definition) is 0. The topological polar surface area (TPSA) is 70.1 Å². The molecule has 16 aromatic rings. The zero-order valence-electron chi connectivity index (χ0n) is 50.0. The summed E-state index contributed by atoms with van der Waals surface area (Å²) >= 11 is 0. The second-order valence-electron chi connectivity index (χ2n) is 22.9. The van der Waals surface area contributed by atoms with Crippen molar-refractivity contribution < 1.29 is 13.2 Å². The number of halogens is 3. The van der Waals surface area contributed by atoms with E-state index in [-0.39, 0.29) is 28.2 Å². The first-order valence-electron chi connectivity index (χ1n) is 30.6. The Hall–Kier alpha value is -12.8. The van der Waals surface area contributed by atoms with Crippen LogP contribution in [-0.4, -0.2) is 29.1 Å². The van der Waals surface area contributed by atoms with Gasteiger partial charge in [-0.3, -0.25) is 19.9 Å². The Bertz CT molecular complexity index is 5470. The minimum absolute atomic E-state index is 0.0539. The minimum atomic E-state index is -4.90. The average molecular weight is 1220 g/mol. The molecule has 0 amide bonds. The van der Waals surface area contributed by atoms with E-state index in [2.05, 4.69) is 74.9 Å². The highest BCUT2D eigenvalue weighted by Crippen LogP contribution is 2.52. The lowest BCUT2D eigenvalue weighted by Crippen LogP contribution is -2.09. The third kappa shape index (κ3) is 9.63. The number of aromatic nitrogens is 6. The summed E-state index contributed by atoms with van der Waals surface area (Å²) in [5, 5.41) is 3.23. The number of fused-ring (bicyclic) bond motifs is 6. The Morgan fingerprint density at radius 1 is 0.309 bits per heavy atom. The summed E-state index contributed by atoms with van der Waals surface area (Å²) in [7, 11) is 0. The maximum Gasteiger partial charge on any atom is 0.415 e. The van der Waals surface area contributed by atoms with Gasteiger partial charge < -0.3 is 9.13 Å². The van der Waals surface area contributed by atoms with E-state index in [4.69, 9.17) is 26.5 Å². The van der Waals surface area contributed by atoms with Crippen LogP contribution in [0.5, 0.6) is 0 Å². The number of pyridine rings is 4. The van der Waals surface area contributed by atoms with E-state index in [9.17, 15) is 6.57 Å². The number of alkyl halides is 3. The molecule has 0 aliphatic heterocycles. The summed E-state index contributed by atoms with van der Waals surface area (Å²) in [6.07, 6.45) is 2.24. The molecule has 0 aliphatic carbocycles. The van der Waals surface area contributed by atoms with Crippen molar-refractivity contribution in [3.05, 3.63) is 326 Å². The molecule has 0 fully saturated rings. The predicted octanol–water partition coefficient (Wildman–Crippen LogP) is 22.6. The van der Waals surface area contributed by atoms with Crippen LogP contribution in [0.15, 0.2) is 298 Å². The van der Waals surface area contributed by atoms with Crippen molar-refractivity contribution in [1.29, 1.82) is 0 Å². The van der Waals surface area contributed by atoms with E-state index in [0.717, 1.165) is 128 Å². The zero-order valence-corrected chi connectivity index (χ0v) is 50.0. The highest BCUT2D eigenvalue weighted by molar-refractivity contribution is 6.16. The highest BCUT2D eigenvalue weighted by Gasteiger charge is 2.37. The van der Waals surface area contributed by atoms with E-state index in [0.29, 0.717) is 16.7 Å². The van der Waals surface area contributed by atoms with Crippen LogP contribution in [0.25, 0.3) is 165 Å². The first-order chi connectivity index (χ1) is 46.2. The Balaban J connectivity index is 1.01. The average Bonchev–Trinajstić information content (AvgIpc) is 1.53. The Morgan fingerprint density at radius 2 is 0.660 bits per heavy atom. The van der Waals surface area contributed by atoms with Crippen molar-refractivity contribution in [3.63, 3.8) is 0 Å². The van der Waals surface area contributed by atoms with E-state index in [1.165, 1.54) is 12.1 Å². The van der Waals surface area contributed by atoms with Gasteiger partial charge in [-0.25, -0.2) is 9.69 Å². The molecule has 8 nitrogen and oxygen atoms in total. The summed E-state index contributed by atoms with van der Waals surface area (Å²) in [6, 6.07) is 87.8.